The van der Waals surface area contributed by atoms with Crippen LogP contribution in [0, 0.1) is 0 Å². The fraction of sp³-hybridized carbons (Fsp3) is 0.500. The minimum Gasteiger partial charge on any atom is -0.466 e. The molecule has 0 saturated heterocycles. The summed E-state index contributed by atoms with van der Waals surface area (Å²) in [5, 5.41) is 4.77. The molecule has 0 unspecified atom stereocenters. The number of fused-ring (bicyclic) bond motifs is 1. The van der Waals surface area contributed by atoms with Crippen LogP contribution in [-0.2, 0) is 29.4 Å². The van der Waals surface area contributed by atoms with Gasteiger partial charge in [-0.2, -0.15) is 5.10 Å². The predicted molar refractivity (Wildman–Crippen MR) is 98.4 cm³/mol. The van der Waals surface area contributed by atoms with Gasteiger partial charge in [0.05, 0.1) is 12.3 Å². The number of aromatic nitrogens is 2. The fourth-order valence-corrected chi connectivity index (χ4v) is 3.56. The maximum absolute atomic E-state index is 11.5. The largest absolute Gasteiger partial charge is 0.466 e. The lowest BCUT2D eigenvalue weighted by Crippen LogP contribution is -2.28. The third kappa shape index (κ3) is 4.28. The van der Waals surface area contributed by atoms with E-state index in [4.69, 9.17) is 9.84 Å². The Balaban J connectivity index is 1.64. The third-order valence-electron chi connectivity index (χ3n) is 4.83. The Kier molecular flexibility index (Phi) is 5.87. The van der Waals surface area contributed by atoms with Gasteiger partial charge in [0.25, 0.3) is 0 Å². The zero-order valence-electron chi connectivity index (χ0n) is 15.2. The van der Waals surface area contributed by atoms with E-state index in [9.17, 15) is 4.79 Å². The van der Waals surface area contributed by atoms with Crippen molar-refractivity contribution in [2.45, 2.75) is 32.6 Å². The average molecular weight is 341 g/mol. The number of aryl methyl sites for hydroxylation is 1. The van der Waals surface area contributed by atoms with E-state index in [1.54, 1.807) is 0 Å². The van der Waals surface area contributed by atoms with Crippen LogP contribution in [0.5, 0.6) is 0 Å². The van der Waals surface area contributed by atoms with Gasteiger partial charge in [0.1, 0.15) is 0 Å². The number of ether oxygens (including phenoxy) is 1. The minimum atomic E-state index is -0.0869. The van der Waals surface area contributed by atoms with Gasteiger partial charge < -0.3 is 9.64 Å². The van der Waals surface area contributed by atoms with Gasteiger partial charge in [0.2, 0.25) is 0 Å². The summed E-state index contributed by atoms with van der Waals surface area (Å²) in [7, 11) is 2.04. The lowest BCUT2D eigenvalue weighted by molar-refractivity contribution is -0.143. The Hall–Kier alpha value is -2.14. The Morgan fingerprint density at radius 1 is 1.20 bits per heavy atom. The maximum atomic E-state index is 11.5. The molecule has 2 aromatic rings. The Morgan fingerprint density at radius 3 is 2.72 bits per heavy atom. The number of carbonyl (C=O) groups is 1. The standard InChI is InChI=1S/C20H27N3O2/c1-3-25-19(24)10-7-13-23-14-11-17-18(12-15-23)22(2)21-20(17)16-8-5-4-6-9-16/h4-6,8-9H,3,7,10-15H2,1-2H3. The molecule has 5 nitrogen and oxygen atoms in total. The smallest absolute Gasteiger partial charge is 0.305 e. The molecule has 2 heterocycles. The highest BCUT2D eigenvalue weighted by Gasteiger charge is 2.22. The molecule has 5 heteroatoms. The van der Waals surface area contributed by atoms with Gasteiger partial charge in [-0.3, -0.25) is 9.48 Å². The van der Waals surface area contributed by atoms with Crippen LogP contribution in [0.1, 0.15) is 31.0 Å². The molecule has 1 aromatic carbocycles. The van der Waals surface area contributed by atoms with Crippen molar-refractivity contribution in [2.24, 2.45) is 7.05 Å². The highest BCUT2D eigenvalue weighted by molar-refractivity contribution is 5.69. The topological polar surface area (TPSA) is 47.4 Å². The van der Waals surface area contributed by atoms with E-state index in [0.29, 0.717) is 13.0 Å². The lowest BCUT2D eigenvalue weighted by Gasteiger charge is -2.19. The molecule has 1 aromatic heterocycles. The molecular weight excluding hydrogens is 314 g/mol. The van der Waals surface area contributed by atoms with Crippen molar-refractivity contribution in [2.75, 3.05) is 26.2 Å². The van der Waals surface area contributed by atoms with Crippen molar-refractivity contribution < 1.29 is 9.53 Å². The second-order valence-corrected chi connectivity index (χ2v) is 6.51. The first-order chi connectivity index (χ1) is 12.2. The summed E-state index contributed by atoms with van der Waals surface area (Å²) >= 11 is 0. The highest BCUT2D eigenvalue weighted by Crippen LogP contribution is 2.27. The molecule has 3 rings (SSSR count). The van der Waals surface area contributed by atoms with Crippen LogP contribution in [0.3, 0.4) is 0 Å². The molecule has 1 aliphatic heterocycles. The molecule has 0 aliphatic carbocycles. The summed E-state index contributed by atoms with van der Waals surface area (Å²) in [6, 6.07) is 10.4. The monoisotopic (exact) mass is 341 g/mol. The predicted octanol–water partition coefficient (Wildman–Crippen LogP) is 2.83. The van der Waals surface area contributed by atoms with E-state index in [-0.39, 0.29) is 5.97 Å². The first-order valence-corrected chi connectivity index (χ1v) is 9.17. The van der Waals surface area contributed by atoms with E-state index in [0.717, 1.165) is 44.6 Å². The molecule has 0 atom stereocenters. The van der Waals surface area contributed by atoms with E-state index in [1.807, 2.05) is 24.7 Å². The van der Waals surface area contributed by atoms with Gasteiger partial charge in [-0.05, 0) is 26.3 Å². The second kappa shape index (κ2) is 8.30. The molecule has 0 saturated carbocycles. The number of rotatable bonds is 6. The second-order valence-electron chi connectivity index (χ2n) is 6.51. The van der Waals surface area contributed by atoms with Gasteiger partial charge >= 0.3 is 5.97 Å². The van der Waals surface area contributed by atoms with E-state index >= 15 is 0 Å². The number of nitrogens with zero attached hydrogens (tertiary/aromatic N) is 3. The van der Waals surface area contributed by atoms with E-state index in [2.05, 4.69) is 29.2 Å². The maximum Gasteiger partial charge on any atom is 0.305 e. The summed E-state index contributed by atoms with van der Waals surface area (Å²) in [5.41, 5.74) is 5.02. The van der Waals surface area contributed by atoms with Crippen molar-refractivity contribution >= 4 is 5.97 Å². The first-order valence-electron chi connectivity index (χ1n) is 9.17. The average Bonchev–Trinajstić information content (AvgIpc) is 2.79. The van der Waals surface area contributed by atoms with Gasteiger partial charge in [-0.15, -0.1) is 0 Å². The number of hydrogen-bond acceptors (Lipinski definition) is 4. The van der Waals surface area contributed by atoms with Gasteiger partial charge in [0, 0.05) is 49.8 Å². The van der Waals surface area contributed by atoms with Crippen molar-refractivity contribution in [3.05, 3.63) is 41.6 Å². The van der Waals surface area contributed by atoms with Crippen LogP contribution in [0.4, 0.5) is 0 Å². The van der Waals surface area contributed by atoms with Crippen LogP contribution in [-0.4, -0.2) is 46.9 Å². The Labute approximate surface area is 149 Å². The molecule has 25 heavy (non-hydrogen) atoms. The number of esters is 1. The number of carbonyl (C=O) groups excluding carboxylic acids is 1. The highest BCUT2D eigenvalue weighted by atomic mass is 16.5. The van der Waals surface area contributed by atoms with Crippen LogP contribution in [0.2, 0.25) is 0 Å². The number of hydrogen-bond donors (Lipinski definition) is 0. The molecule has 0 amide bonds. The van der Waals surface area contributed by atoms with Crippen molar-refractivity contribution in [1.82, 2.24) is 14.7 Å². The molecule has 134 valence electrons. The molecule has 1 aliphatic rings. The third-order valence-corrected chi connectivity index (χ3v) is 4.83. The van der Waals surface area contributed by atoms with Crippen molar-refractivity contribution in [3.8, 4) is 11.3 Å². The Morgan fingerprint density at radius 2 is 1.96 bits per heavy atom. The van der Waals surface area contributed by atoms with Gasteiger partial charge in [0.15, 0.2) is 0 Å². The van der Waals surface area contributed by atoms with E-state index in [1.165, 1.54) is 16.8 Å². The molecule has 0 bridgehead atoms. The van der Waals surface area contributed by atoms with Crippen molar-refractivity contribution in [1.29, 1.82) is 0 Å². The molecule has 0 radical (unpaired) electrons. The normalized spacial score (nSPS) is 14.8. The first kappa shape index (κ1) is 17.7. The fourth-order valence-electron chi connectivity index (χ4n) is 3.56. The van der Waals surface area contributed by atoms with E-state index < -0.39 is 0 Å². The van der Waals surface area contributed by atoms with Crippen LogP contribution < -0.4 is 0 Å². The van der Waals surface area contributed by atoms with Crippen LogP contribution in [0.15, 0.2) is 30.3 Å². The molecule has 0 spiro atoms. The lowest BCUT2D eigenvalue weighted by atomic mass is 10.0. The molecule has 0 N–H and O–H groups in total. The summed E-state index contributed by atoms with van der Waals surface area (Å²) in [5.74, 6) is -0.0869. The zero-order valence-corrected chi connectivity index (χ0v) is 15.2. The summed E-state index contributed by atoms with van der Waals surface area (Å²) in [6.07, 6.45) is 3.38. The summed E-state index contributed by atoms with van der Waals surface area (Å²) < 4.78 is 7.05. The van der Waals surface area contributed by atoms with Crippen LogP contribution in [0.25, 0.3) is 11.3 Å². The molecular formula is C20H27N3O2. The van der Waals surface area contributed by atoms with Crippen LogP contribution >= 0.6 is 0 Å². The Bertz CT molecular complexity index is 709. The van der Waals surface area contributed by atoms with Crippen molar-refractivity contribution in [3.63, 3.8) is 0 Å². The molecule has 0 fully saturated rings. The minimum absolute atomic E-state index is 0.0869. The number of benzene rings is 1. The quantitative estimate of drug-likeness (QED) is 0.758. The van der Waals surface area contributed by atoms with Gasteiger partial charge in [-0.1, -0.05) is 30.3 Å². The zero-order chi connectivity index (χ0) is 17.6. The van der Waals surface area contributed by atoms with Gasteiger partial charge in [-0.25, -0.2) is 0 Å². The summed E-state index contributed by atoms with van der Waals surface area (Å²) in [4.78, 5) is 13.9. The SMILES string of the molecule is CCOC(=O)CCCN1CCc2c(-c3ccccc3)nn(C)c2CC1. The summed E-state index contributed by atoms with van der Waals surface area (Å²) in [6.45, 7) is 5.29.